The van der Waals surface area contributed by atoms with Gasteiger partial charge in [0.15, 0.2) is 0 Å². The predicted molar refractivity (Wildman–Crippen MR) is 72.4 cm³/mol. The van der Waals surface area contributed by atoms with Crippen LogP contribution in [0.1, 0.15) is 24.0 Å². The van der Waals surface area contributed by atoms with E-state index in [9.17, 15) is 21.6 Å². The molecule has 1 atom stereocenters. The van der Waals surface area contributed by atoms with Crippen molar-refractivity contribution in [1.29, 1.82) is 5.26 Å². The molecule has 0 aliphatic carbocycles. The van der Waals surface area contributed by atoms with E-state index in [1.54, 1.807) is 0 Å². The van der Waals surface area contributed by atoms with Crippen LogP contribution in [0.15, 0.2) is 23.1 Å². The lowest BCUT2D eigenvalue weighted by atomic mass is 10.1. The van der Waals surface area contributed by atoms with E-state index >= 15 is 0 Å². The fraction of sp³-hybridized carbons (Fsp3) is 0.462. The fourth-order valence-corrected chi connectivity index (χ4v) is 3.56. The number of sulfonamides is 1. The molecule has 0 aromatic heterocycles. The Kier molecular flexibility index (Phi) is 4.75. The Morgan fingerprint density at radius 1 is 1.36 bits per heavy atom. The number of hydrogen-bond donors (Lipinski definition) is 2. The first-order valence-corrected chi connectivity index (χ1v) is 8.07. The number of hydrogen-bond acceptors (Lipinski definition) is 4. The first kappa shape index (κ1) is 16.7. The molecular formula is C13H14F3N3O2S. The van der Waals surface area contributed by atoms with E-state index in [0.29, 0.717) is 19.0 Å². The molecule has 1 aromatic carbocycles. The van der Waals surface area contributed by atoms with E-state index in [1.165, 1.54) is 6.07 Å². The molecule has 2 rings (SSSR count). The van der Waals surface area contributed by atoms with Crippen molar-refractivity contribution in [3.8, 4) is 6.07 Å². The Balaban J connectivity index is 2.33. The minimum Gasteiger partial charge on any atom is -0.315 e. The number of halogens is 3. The predicted octanol–water partition coefficient (Wildman–Crippen LogP) is 1.61. The summed E-state index contributed by atoms with van der Waals surface area (Å²) in [6.45, 7) is 1.22. The molecule has 1 fully saturated rings. The van der Waals surface area contributed by atoms with Crippen molar-refractivity contribution in [2.45, 2.75) is 30.0 Å². The highest BCUT2D eigenvalue weighted by molar-refractivity contribution is 7.89. The molecule has 1 aliphatic heterocycles. The number of piperidine rings is 1. The van der Waals surface area contributed by atoms with Crippen LogP contribution < -0.4 is 10.0 Å². The molecule has 5 nitrogen and oxygen atoms in total. The van der Waals surface area contributed by atoms with Gasteiger partial charge in [-0.05, 0) is 37.6 Å². The SMILES string of the molecule is N#Cc1ccc(S(=O)(=O)NC2CCCNC2)cc1C(F)(F)F. The van der Waals surface area contributed by atoms with Gasteiger partial charge in [-0.15, -0.1) is 0 Å². The van der Waals surface area contributed by atoms with Crippen LogP contribution in [0.25, 0.3) is 0 Å². The molecule has 0 spiro atoms. The summed E-state index contributed by atoms with van der Waals surface area (Å²) in [5.74, 6) is 0. The average molecular weight is 333 g/mol. The number of nitrogens with zero attached hydrogens (tertiary/aromatic N) is 1. The lowest BCUT2D eigenvalue weighted by molar-refractivity contribution is -0.137. The van der Waals surface area contributed by atoms with Crippen LogP contribution >= 0.6 is 0 Å². The minimum atomic E-state index is -4.79. The number of rotatable bonds is 3. The van der Waals surface area contributed by atoms with Crippen LogP contribution in [0.2, 0.25) is 0 Å². The normalized spacial score (nSPS) is 19.6. The number of nitriles is 1. The van der Waals surface area contributed by atoms with Gasteiger partial charge in [-0.3, -0.25) is 0 Å². The molecule has 1 saturated heterocycles. The van der Waals surface area contributed by atoms with Gasteiger partial charge in [0.05, 0.1) is 22.1 Å². The van der Waals surface area contributed by atoms with Gasteiger partial charge >= 0.3 is 6.18 Å². The van der Waals surface area contributed by atoms with E-state index in [4.69, 9.17) is 5.26 Å². The zero-order chi connectivity index (χ0) is 16.4. The van der Waals surface area contributed by atoms with Gasteiger partial charge < -0.3 is 5.32 Å². The first-order chi connectivity index (χ1) is 10.2. The molecule has 22 heavy (non-hydrogen) atoms. The highest BCUT2D eigenvalue weighted by atomic mass is 32.2. The maximum absolute atomic E-state index is 12.9. The molecule has 2 N–H and O–H groups in total. The van der Waals surface area contributed by atoms with Crippen molar-refractivity contribution in [2.75, 3.05) is 13.1 Å². The van der Waals surface area contributed by atoms with Crippen LogP contribution in [-0.2, 0) is 16.2 Å². The molecule has 0 amide bonds. The lowest BCUT2D eigenvalue weighted by Gasteiger charge is -2.23. The summed E-state index contributed by atoms with van der Waals surface area (Å²) in [5.41, 5.74) is -1.86. The molecule has 1 unspecified atom stereocenters. The molecule has 120 valence electrons. The average Bonchev–Trinajstić information content (AvgIpc) is 2.46. The topological polar surface area (TPSA) is 82.0 Å². The highest BCUT2D eigenvalue weighted by Crippen LogP contribution is 2.33. The van der Waals surface area contributed by atoms with Crippen LogP contribution in [0.3, 0.4) is 0 Å². The Hall–Kier alpha value is -1.63. The summed E-state index contributed by atoms with van der Waals surface area (Å²) in [6.07, 6.45) is -3.38. The van der Waals surface area contributed by atoms with Gasteiger partial charge in [0.25, 0.3) is 0 Å². The third-order valence-electron chi connectivity index (χ3n) is 3.35. The Labute approximate surface area is 126 Å². The molecular weight excluding hydrogens is 319 g/mol. The third kappa shape index (κ3) is 3.76. The summed E-state index contributed by atoms with van der Waals surface area (Å²) >= 11 is 0. The monoisotopic (exact) mass is 333 g/mol. The molecule has 0 saturated carbocycles. The minimum absolute atomic E-state index is 0.358. The van der Waals surface area contributed by atoms with E-state index in [-0.39, 0.29) is 6.04 Å². The zero-order valence-electron chi connectivity index (χ0n) is 11.4. The molecule has 1 aromatic rings. The second-order valence-electron chi connectivity index (χ2n) is 4.98. The van der Waals surface area contributed by atoms with Crippen molar-refractivity contribution >= 4 is 10.0 Å². The van der Waals surface area contributed by atoms with Gasteiger partial charge in [-0.25, -0.2) is 13.1 Å². The van der Waals surface area contributed by atoms with Gasteiger partial charge in [-0.1, -0.05) is 0 Å². The van der Waals surface area contributed by atoms with Gasteiger partial charge in [0, 0.05) is 12.6 Å². The summed E-state index contributed by atoms with van der Waals surface area (Å²) < 4.78 is 65.4. The second-order valence-corrected chi connectivity index (χ2v) is 6.70. The van der Waals surface area contributed by atoms with Crippen molar-refractivity contribution in [3.05, 3.63) is 29.3 Å². The van der Waals surface area contributed by atoms with Crippen LogP contribution in [0.5, 0.6) is 0 Å². The fourth-order valence-electron chi connectivity index (χ4n) is 2.26. The van der Waals surface area contributed by atoms with Crippen LogP contribution in [-0.4, -0.2) is 27.5 Å². The van der Waals surface area contributed by atoms with Gasteiger partial charge in [0.1, 0.15) is 0 Å². The van der Waals surface area contributed by atoms with E-state index in [2.05, 4.69) is 10.0 Å². The third-order valence-corrected chi connectivity index (χ3v) is 4.86. The van der Waals surface area contributed by atoms with E-state index in [1.807, 2.05) is 0 Å². The highest BCUT2D eigenvalue weighted by Gasteiger charge is 2.35. The van der Waals surface area contributed by atoms with E-state index in [0.717, 1.165) is 25.1 Å². The van der Waals surface area contributed by atoms with Crippen molar-refractivity contribution in [1.82, 2.24) is 10.0 Å². The summed E-state index contributed by atoms with van der Waals surface area (Å²) in [7, 11) is -4.07. The Morgan fingerprint density at radius 2 is 2.09 bits per heavy atom. The molecule has 1 heterocycles. The zero-order valence-corrected chi connectivity index (χ0v) is 12.3. The lowest BCUT2D eigenvalue weighted by Crippen LogP contribution is -2.45. The summed E-state index contributed by atoms with van der Waals surface area (Å²) in [6, 6.07) is 3.43. The van der Waals surface area contributed by atoms with Crippen LogP contribution in [0, 0.1) is 11.3 Å². The largest absolute Gasteiger partial charge is 0.417 e. The second kappa shape index (κ2) is 6.24. The summed E-state index contributed by atoms with van der Waals surface area (Å²) in [4.78, 5) is -0.496. The standard InChI is InChI=1S/C13H14F3N3O2S/c14-13(15,16)12-6-11(4-3-9(12)7-17)22(20,21)19-10-2-1-5-18-8-10/h3-4,6,10,18-19H,1-2,5,8H2. The maximum atomic E-state index is 12.9. The number of benzene rings is 1. The maximum Gasteiger partial charge on any atom is 0.417 e. The quantitative estimate of drug-likeness (QED) is 0.880. The first-order valence-electron chi connectivity index (χ1n) is 6.58. The molecule has 0 radical (unpaired) electrons. The Morgan fingerprint density at radius 3 is 2.64 bits per heavy atom. The van der Waals surface area contributed by atoms with Crippen LogP contribution in [0.4, 0.5) is 13.2 Å². The van der Waals surface area contributed by atoms with Gasteiger partial charge in [-0.2, -0.15) is 18.4 Å². The van der Waals surface area contributed by atoms with Crippen molar-refractivity contribution in [3.63, 3.8) is 0 Å². The molecule has 1 aliphatic rings. The smallest absolute Gasteiger partial charge is 0.315 e. The summed E-state index contributed by atoms with van der Waals surface area (Å²) in [5, 5.41) is 11.7. The van der Waals surface area contributed by atoms with Crippen molar-refractivity contribution < 1.29 is 21.6 Å². The number of alkyl halides is 3. The molecule has 9 heteroatoms. The molecule has 0 bridgehead atoms. The van der Waals surface area contributed by atoms with Crippen molar-refractivity contribution in [2.24, 2.45) is 0 Å². The van der Waals surface area contributed by atoms with Gasteiger partial charge in [0.2, 0.25) is 10.0 Å². The Bertz CT molecular complexity index is 689. The van der Waals surface area contributed by atoms with E-state index < -0.39 is 32.2 Å². The number of nitrogens with one attached hydrogen (secondary N) is 2.